The van der Waals surface area contributed by atoms with Gasteiger partial charge in [0.05, 0.1) is 12.2 Å². The standard InChI is InChI=1S/C12H20O/c1-12(2,3)9-7-10-5-4-6-11(8-9)13-10/h7,10-11H,4-6,8H2,1-3H3/t10-,11+/m1/s1. The summed E-state index contributed by atoms with van der Waals surface area (Å²) in [5.41, 5.74) is 1.95. The van der Waals surface area contributed by atoms with Crippen molar-refractivity contribution in [1.82, 2.24) is 0 Å². The zero-order chi connectivity index (χ0) is 9.47. The van der Waals surface area contributed by atoms with Crippen molar-refractivity contribution in [3.05, 3.63) is 11.6 Å². The van der Waals surface area contributed by atoms with Crippen LogP contribution >= 0.6 is 0 Å². The molecular weight excluding hydrogens is 160 g/mol. The first-order chi connectivity index (χ1) is 6.05. The minimum Gasteiger partial charge on any atom is -0.371 e. The van der Waals surface area contributed by atoms with E-state index in [0.29, 0.717) is 17.6 Å². The summed E-state index contributed by atoms with van der Waals surface area (Å²) in [6.07, 6.45) is 8.35. The van der Waals surface area contributed by atoms with Crippen molar-refractivity contribution in [3.8, 4) is 0 Å². The molecule has 0 aliphatic carbocycles. The molecule has 1 fully saturated rings. The molecule has 2 atom stereocenters. The van der Waals surface area contributed by atoms with Crippen molar-refractivity contribution in [2.24, 2.45) is 5.41 Å². The summed E-state index contributed by atoms with van der Waals surface area (Å²) in [7, 11) is 0. The third-order valence-electron chi connectivity index (χ3n) is 3.18. The van der Waals surface area contributed by atoms with Crippen LogP contribution in [0.2, 0.25) is 0 Å². The Morgan fingerprint density at radius 1 is 1.31 bits per heavy atom. The van der Waals surface area contributed by atoms with Gasteiger partial charge in [0.15, 0.2) is 0 Å². The van der Waals surface area contributed by atoms with Crippen LogP contribution < -0.4 is 0 Å². The Bertz CT molecular complexity index is 222. The number of hydrogen-bond acceptors (Lipinski definition) is 1. The molecule has 0 radical (unpaired) electrons. The highest BCUT2D eigenvalue weighted by Crippen LogP contribution is 2.37. The van der Waals surface area contributed by atoms with Gasteiger partial charge >= 0.3 is 0 Å². The van der Waals surface area contributed by atoms with Gasteiger partial charge in [-0.1, -0.05) is 32.4 Å². The topological polar surface area (TPSA) is 9.23 Å². The van der Waals surface area contributed by atoms with E-state index >= 15 is 0 Å². The summed E-state index contributed by atoms with van der Waals surface area (Å²) >= 11 is 0. The molecule has 1 heteroatoms. The summed E-state index contributed by atoms with van der Waals surface area (Å²) in [6, 6.07) is 0. The van der Waals surface area contributed by atoms with Gasteiger partial charge in [0.1, 0.15) is 0 Å². The number of ether oxygens (including phenoxy) is 1. The molecule has 0 N–H and O–H groups in total. The normalized spacial score (nSPS) is 34.2. The SMILES string of the molecule is CC(C)(C)C1=C[C@H]2CCC[C@@H](C1)O2. The Balaban J connectivity index is 2.17. The fourth-order valence-corrected chi connectivity index (χ4v) is 2.30. The predicted octanol–water partition coefficient (Wildman–Crippen LogP) is 3.30. The summed E-state index contributed by atoms with van der Waals surface area (Å²) < 4.78 is 5.87. The molecule has 0 aromatic rings. The largest absolute Gasteiger partial charge is 0.371 e. The minimum absolute atomic E-state index is 0.345. The fraction of sp³-hybridized carbons (Fsp3) is 0.833. The van der Waals surface area contributed by atoms with Gasteiger partial charge in [-0.25, -0.2) is 0 Å². The van der Waals surface area contributed by atoms with Crippen LogP contribution in [0.4, 0.5) is 0 Å². The second kappa shape index (κ2) is 3.13. The quantitative estimate of drug-likeness (QED) is 0.520. The molecule has 0 unspecified atom stereocenters. The van der Waals surface area contributed by atoms with Gasteiger partial charge < -0.3 is 4.74 Å². The van der Waals surface area contributed by atoms with Gasteiger partial charge in [-0.15, -0.1) is 0 Å². The van der Waals surface area contributed by atoms with Crippen molar-refractivity contribution in [2.75, 3.05) is 0 Å². The molecule has 0 spiro atoms. The van der Waals surface area contributed by atoms with E-state index in [1.54, 1.807) is 5.57 Å². The summed E-state index contributed by atoms with van der Waals surface area (Å²) in [4.78, 5) is 0. The third-order valence-corrected chi connectivity index (χ3v) is 3.18. The molecular formula is C12H20O. The van der Waals surface area contributed by atoms with E-state index in [1.807, 2.05) is 0 Å². The van der Waals surface area contributed by atoms with Crippen molar-refractivity contribution in [2.45, 2.75) is 58.7 Å². The Morgan fingerprint density at radius 2 is 2.08 bits per heavy atom. The minimum atomic E-state index is 0.345. The van der Waals surface area contributed by atoms with Crippen LogP contribution in [0.1, 0.15) is 46.5 Å². The first-order valence-corrected chi connectivity index (χ1v) is 5.42. The van der Waals surface area contributed by atoms with E-state index in [0.717, 1.165) is 0 Å². The zero-order valence-electron chi connectivity index (χ0n) is 8.97. The average Bonchev–Trinajstić information content (AvgIpc) is 2.01. The zero-order valence-corrected chi connectivity index (χ0v) is 8.97. The second-order valence-corrected chi connectivity index (χ2v) is 5.37. The first kappa shape index (κ1) is 9.26. The highest BCUT2D eigenvalue weighted by molar-refractivity contribution is 5.17. The van der Waals surface area contributed by atoms with E-state index in [-0.39, 0.29) is 0 Å². The molecule has 0 saturated carbocycles. The van der Waals surface area contributed by atoms with E-state index in [2.05, 4.69) is 26.8 Å². The van der Waals surface area contributed by atoms with Crippen LogP contribution in [0.3, 0.4) is 0 Å². The molecule has 2 bridgehead atoms. The average molecular weight is 180 g/mol. The molecule has 74 valence electrons. The maximum atomic E-state index is 5.87. The Morgan fingerprint density at radius 3 is 2.69 bits per heavy atom. The van der Waals surface area contributed by atoms with Gasteiger partial charge in [0, 0.05) is 0 Å². The summed E-state index contributed by atoms with van der Waals surface area (Å²) in [6.45, 7) is 6.92. The summed E-state index contributed by atoms with van der Waals surface area (Å²) in [5, 5.41) is 0. The van der Waals surface area contributed by atoms with E-state index in [9.17, 15) is 0 Å². The Labute approximate surface area is 81.2 Å². The van der Waals surface area contributed by atoms with Crippen molar-refractivity contribution >= 4 is 0 Å². The van der Waals surface area contributed by atoms with Crippen LogP contribution in [0.25, 0.3) is 0 Å². The lowest BCUT2D eigenvalue weighted by Gasteiger charge is -2.38. The first-order valence-electron chi connectivity index (χ1n) is 5.42. The van der Waals surface area contributed by atoms with Gasteiger partial charge in [-0.05, 0) is 31.1 Å². The molecule has 2 rings (SSSR count). The highest BCUT2D eigenvalue weighted by Gasteiger charge is 2.30. The molecule has 1 saturated heterocycles. The second-order valence-electron chi connectivity index (χ2n) is 5.37. The number of fused-ring (bicyclic) bond motifs is 2. The predicted molar refractivity (Wildman–Crippen MR) is 54.7 cm³/mol. The smallest absolute Gasteiger partial charge is 0.0762 e. The van der Waals surface area contributed by atoms with E-state index < -0.39 is 0 Å². The Kier molecular flexibility index (Phi) is 2.23. The van der Waals surface area contributed by atoms with Crippen molar-refractivity contribution in [1.29, 1.82) is 0 Å². The lowest BCUT2D eigenvalue weighted by atomic mass is 9.78. The van der Waals surface area contributed by atoms with Crippen molar-refractivity contribution < 1.29 is 4.74 Å². The van der Waals surface area contributed by atoms with Gasteiger partial charge in [-0.2, -0.15) is 0 Å². The molecule has 2 aliphatic rings. The Hall–Kier alpha value is -0.300. The molecule has 2 aliphatic heterocycles. The van der Waals surface area contributed by atoms with Crippen molar-refractivity contribution in [3.63, 3.8) is 0 Å². The summed E-state index contributed by atoms with van der Waals surface area (Å²) in [5.74, 6) is 0. The van der Waals surface area contributed by atoms with E-state index in [1.165, 1.54) is 25.7 Å². The lowest BCUT2D eigenvalue weighted by molar-refractivity contribution is -0.0373. The fourth-order valence-electron chi connectivity index (χ4n) is 2.30. The molecule has 0 aromatic heterocycles. The molecule has 0 aromatic carbocycles. The van der Waals surface area contributed by atoms with Crippen LogP contribution in [0.5, 0.6) is 0 Å². The number of rotatable bonds is 0. The van der Waals surface area contributed by atoms with Crippen LogP contribution in [0, 0.1) is 5.41 Å². The van der Waals surface area contributed by atoms with E-state index in [4.69, 9.17) is 4.74 Å². The van der Waals surface area contributed by atoms with Gasteiger partial charge in [0.2, 0.25) is 0 Å². The highest BCUT2D eigenvalue weighted by atomic mass is 16.5. The molecule has 1 nitrogen and oxygen atoms in total. The third kappa shape index (κ3) is 1.96. The molecule has 13 heavy (non-hydrogen) atoms. The molecule has 0 amide bonds. The lowest BCUT2D eigenvalue weighted by Crippen LogP contribution is -2.33. The van der Waals surface area contributed by atoms with Gasteiger partial charge in [0.25, 0.3) is 0 Å². The van der Waals surface area contributed by atoms with Gasteiger partial charge in [-0.3, -0.25) is 0 Å². The monoisotopic (exact) mass is 180 g/mol. The maximum absolute atomic E-state index is 5.87. The van der Waals surface area contributed by atoms with Crippen LogP contribution in [0.15, 0.2) is 11.6 Å². The molecule has 2 heterocycles. The van der Waals surface area contributed by atoms with Crippen LogP contribution in [-0.2, 0) is 4.74 Å². The van der Waals surface area contributed by atoms with Crippen LogP contribution in [-0.4, -0.2) is 12.2 Å². The maximum Gasteiger partial charge on any atom is 0.0762 e. The number of hydrogen-bond donors (Lipinski definition) is 0.